The summed E-state index contributed by atoms with van der Waals surface area (Å²) in [6.07, 6.45) is 1.69. The van der Waals surface area contributed by atoms with E-state index in [2.05, 4.69) is 21.2 Å². The third-order valence-electron chi connectivity index (χ3n) is 3.75. The molecule has 0 aromatic heterocycles. The van der Waals surface area contributed by atoms with E-state index >= 15 is 0 Å². The number of likely N-dealkylation sites (N-methyl/N-ethyl adjacent to an activating group) is 1. The smallest absolute Gasteiger partial charge is 0.265 e. The van der Waals surface area contributed by atoms with E-state index < -0.39 is 0 Å². The normalized spacial score (nSPS) is 15.2. The van der Waals surface area contributed by atoms with Crippen LogP contribution in [-0.2, 0) is 9.59 Å². The maximum absolute atomic E-state index is 12.3. The van der Waals surface area contributed by atoms with Gasteiger partial charge >= 0.3 is 0 Å². The fourth-order valence-corrected chi connectivity index (χ4v) is 4.49. The number of nitrogens with one attached hydrogen (secondary N) is 1. The zero-order valence-electron chi connectivity index (χ0n) is 14.9. The molecule has 5 nitrogen and oxygen atoms in total. The van der Waals surface area contributed by atoms with Crippen molar-refractivity contribution in [3.63, 3.8) is 0 Å². The molecule has 29 heavy (non-hydrogen) atoms. The minimum absolute atomic E-state index is 0.179. The molecule has 0 atom stereocenters. The summed E-state index contributed by atoms with van der Waals surface area (Å²) in [5.41, 5.74) is 1.12. The summed E-state index contributed by atoms with van der Waals surface area (Å²) < 4.78 is 6.97. The van der Waals surface area contributed by atoms with Crippen molar-refractivity contribution < 1.29 is 14.3 Å². The van der Waals surface area contributed by atoms with Crippen molar-refractivity contribution in [2.45, 2.75) is 0 Å². The van der Waals surface area contributed by atoms with Gasteiger partial charge in [0, 0.05) is 32.8 Å². The van der Waals surface area contributed by atoms with Crippen LogP contribution in [0, 0.1) is 0 Å². The Hall–Kier alpha value is -1.58. The van der Waals surface area contributed by atoms with Crippen molar-refractivity contribution in [3.05, 3.63) is 61.4 Å². The van der Waals surface area contributed by atoms with Crippen LogP contribution in [0.15, 0.2) is 45.8 Å². The van der Waals surface area contributed by atoms with Gasteiger partial charge in [0.25, 0.3) is 11.8 Å². The van der Waals surface area contributed by atoms with Gasteiger partial charge in [-0.1, -0.05) is 63.1 Å². The molecule has 1 heterocycles. The van der Waals surface area contributed by atoms with Crippen LogP contribution in [0.4, 0.5) is 5.69 Å². The Bertz CT molecular complexity index is 1030. The summed E-state index contributed by atoms with van der Waals surface area (Å²) in [5.74, 6) is -0.104. The molecule has 10 heteroatoms. The predicted octanol–water partition coefficient (Wildman–Crippen LogP) is 5.60. The van der Waals surface area contributed by atoms with Gasteiger partial charge in [0.1, 0.15) is 10.1 Å². The zero-order chi connectivity index (χ0) is 21.1. The molecule has 3 rings (SSSR count). The molecule has 2 amide bonds. The SMILES string of the molecule is CN1C(=O)/C(=C/c2cc(Br)ccc2OCC(=O)Nc2cc(Cl)cc(Cl)c2)SC1=S. The predicted molar refractivity (Wildman–Crippen MR) is 126 cm³/mol. The molecule has 1 aliphatic rings. The number of rotatable bonds is 5. The van der Waals surface area contributed by atoms with Crippen LogP contribution in [0.25, 0.3) is 6.08 Å². The highest BCUT2D eigenvalue weighted by molar-refractivity contribution is 9.10. The van der Waals surface area contributed by atoms with Crippen molar-refractivity contribution >= 4 is 91.0 Å². The third-order valence-corrected chi connectivity index (χ3v) is 6.16. The van der Waals surface area contributed by atoms with Crippen LogP contribution in [-0.4, -0.2) is 34.7 Å². The quantitative estimate of drug-likeness (QED) is 0.401. The summed E-state index contributed by atoms with van der Waals surface area (Å²) in [7, 11) is 1.63. The van der Waals surface area contributed by atoms with E-state index in [4.69, 9.17) is 40.2 Å². The fraction of sp³-hybridized carbons (Fsp3) is 0.105. The lowest BCUT2D eigenvalue weighted by atomic mass is 10.2. The maximum Gasteiger partial charge on any atom is 0.265 e. The van der Waals surface area contributed by atoms with Gasteiger partial charge in [0.15, 0.2) is 6.61 Å². The molecule has 2 aromatic rings. The largest absolute Gasteiger partial charge is 0.483 e. The van der Waals surface area contributed by atoms with Gasteiger partial charge in [0.2, 0.25) is 0 Å². The number of benzene rings is 2. The number of ether oxygens (including phenoxy) is 1. The first kappa shape index (κ1) is 22.1. The molecule has 0 bridgehead atoms. The van der Waals surface area contributed by atoms with Crippen LogP contribution in [0.5, 0.6) is 5.75 Å². The number of anilines is 1. The molecule has 1 N–H and O–H groups in total. The van der Waals surface area contributed by atoms with Gasteiger partial charge in [-0.15, -0.1) is 0 Å². The van der Waals surface area contributed by atoms with Crippen molar-refractivity contribution in [2.75, 3.05) is 19.0 Å². The van der Waals surface area contributed by atoms with E-state index in [1.54, 1.807) is 49.5 Å². The van der Waals surface area contributed by atoms with Gasteiger partial charge in [-0.3, -0.25) is 14.5 Å². The molecule has 150 valence electrons. The Morgan fingerprint density at radius 3 is 2.59 bits per heavy atom. The number of carbonyl (C=O) groups excluding carboxylic acids is 2. The van der Waals surface area contributed by atoms with Gasteiger partial charge in [-0.05, 0) is 42.5 Å². The highest BCUT2D eigenvalue weighted by atomic mass is 79.9. The minimum Gasteiger partial charge on any atom is -0.483 e. The molecule has 1 saturated heterocycles. The Kier molecular flexibility index (Phi) is 7.23. The van der Waals surface area contributed by atoms with Crippen LogP contribution in [0.3, 0.4) is 0 Å². The lowest BCUT2D eigenvalue weighted by Gasteiger charge is -2.11. The highest BCUT2D eigenvalue weighted by Crippen LogP contribution is 2.34. The lowest BCUT2D eigenvalue weighted by molar-refractivity contribution is -0.121. The summed E-state index contributed by atoms with van der Waals surface area (Å²) in [6.45, 7) is -0.235. The van der Waals surface area contributed by atoms with Crippen molar-refractivity contribution in [1.29, 1.82) is 0 Å². The Morgan fingerprint density at radius 1 is 1.28 bits per heavy atom. The Morgan fingerprint density at radius 2 is 1.97 bits per heavy atom. The molecular weight excluding hydrogens is 519 g/mol. The Balaban J connectivity index is 1.74. The topological polar surface area (TPSA) is 58.6 Å². The molecule has 0 unspecified atom stereocenters. The molecular formula is C19H13BrCl2N2O3S2. The lowest BCUT2D eigenvalue weighted by Crippen LogP contribution is -2.22. The zero-order valence-corrected chi connectivity index (χ0v) is 19.6. The molecule has 1 aliphatic heterocycles. The molecule has 0 saturated carbocycles. The molecule has 2 aromatic carbocycles. The standard InChI is InChI=1S/C19H13BrCl2N2O3S2/c1-24-18(26)16(29-19(24)28)5-10-4-11(20)2-3-15(10)27-9-17(25)23-14-7-12(21)6-13(22)8-14/h2-8H,9H2,1H3,(H,23,25)/b16-5-. The average Bonchev–Trinajstić information content (AvgIpc) is 2.87. The maximum atomic E-state index is 12.3. The highest BCUT2D eigenvalue weighted by Gasteiger charge is 2.29. The van der Waals surface area contributed by atoms with Gasteiger partial charge < -0.3 is 10.1 Å². The van der Waals surface area contributed by atoms with E-state index in [9.17, 15) is 9.59 Å². The number of halogens is 3. The van der Waals surface area contributed by atoms with Gasteiger partial charge in [0.05, 0.1) is 4.91 Å². The van der Waals surface area contributed by atoms with Crippen LogP contribution < -0.4 is 10.1 Å². The molecule has 0 radical (unpaired) electrons. The molecule has 0 spiro atoms. The number of nitrogens with zero attached hydrogens (tertiary/aromatic N) is 1. The van der Waals surface area contributed by atoms with Crippen molar-refractivity contribution in [3.8, 4) is 5.75 Å². The first-order valence-corrected chi connectivity index (χ1v) is 10.9. The fourth-order valence-electron chi connectivity index (χ4n) is 2.42. The second-order valence-corrected chi connectivity index (χ2v) is 9.38. The minimum atomic E-state index is -0.378. The number of thiocarbonyl (C=S) groups is 1. The average molecular weight is 532 g/mol. The van der Waals surface area contributed by atoms with Gasteiger partial charge in [-0.25, -0.2) is 0 Å². The summed E-state index contributed by atoms with van der Waals surface area (Å²) in [6, 6.07) is 10.0. The second-order valence-electron chi connectivity index (χ2n) is 5.92. The molecule has 0 aliphatic carbocycles. The van der Waals surface area contributed by atoms with Gasteiger partial charge in [-0.2, -0.15) is 0 Å². The van der Waals surface area contributed by atoms with Crippen molar-refractivity contribution in [1.82, 2.24) is 4.90 Å². The first-order valence-electron chi connectivity index (χ1n) is 8.13. The molecule has 1 fully saturated rings. The first-order chi connectivity index (χ1) is 13.7. The van der Waals surface area contributed by atoms with Crippen molar-refractivity contribution in [2.24, 2.45) is 0 Å². The number of thioether (sulfide) groups is 1. The number of amides is 2. The van der Waals surface area contributed by atoms with Crippen LogP contribution in [0.2, 0.25) is 10.0 Å². The van der Waals surface area contributed by atoms with Crippen LogP contribution in [0.1, 0.15) is 5.56 Å². The van der Waals surface area contributed by atoms with E-state index in [0.29, 0.717) is 36.3 Å². The monoisotopic (exact) mass is 530 g/mol. The van der Waals surface area contributed by atoms with E-state index in [-0.39, 0.29) is 18.4 Å². The Labute approximate surface area is 195 Å². The second kappa shape index (κ2) is 9.49. The van der Waals surface area contributed by atoms with E-state index in [1.807, 2.05) is 0 Å². The number of hydrogen-bond acceptors (Lipinski definition) is 5. The van der Waals surface area contributed by atoms with E-state index in [1.165, 1.54) is 16.7 Å². The summed E-state index contributed by atoms with van der Waals surface area (Å²) in [5, 5.41) is 3.51. The summed E-state index contributed by atoms with van der Waals surface area (Å²) in [4.78, 5) is 26.4. The third kappa shape index (κ3) is 5.73. The van der Waals surface area contributed by atoms with E-state index in [0.717, 1.165) is 4.47 Å². The van der Waals surface area contributed by atoms with Crippen LogP contribution >= 0.6 is 63.1 Å². The number of hydrogen-bond donors (Lipinski definition) is 1. The number of carbonyl (C=O) groups is 2. The summed E-state index contributed by atoms with van der Waals surface area (Å²) >= 11 is 21.6.